The lowest BCUT2D eigenvalue weighted by Gasteiger charge is -2.25. The van der Waals surface area contributed by atoms with Crippen LogP contribution in [0.4, 0.5) is 0 Å². The van der Waals surface area contributed by atoms with Gasteiger partial charge in [-0.25, -0.2) is 0 Å². The fourth-order valence-corrected chi connectivity index (χ4v) is 2.20. The predicted molar refractivity (Wildman–Crippen MR) is 60.5 cm³/mol. The molecule has 2 heterocycles. The number of aromatic nitrogens is 1. The summed E-state index contributed by atoms with van der Waals surface area (Å²) in [6, 6.07) is 1.57. The second kappa shape index (κ2) is 4.85. The summed E-state index contributed by atoms with van der Waals surface area (Å²) in [5, 5.41) is 13.2. The van der Waals surface area contributed by atoms with Crippen LogP contribution in [-0.4, -0.2) is 65.3 Å². The molecular weight excluding hydrogens is 222 g/mol. The molecule has 1 amide bonds. The third kappa shape index (κ3) is 2.65. The van der Waals surface area contributed by atoms with Gasteiger partial charge in [0.15, 0.2) is 0 Å². The maximum absolute atomic E-state index is 12.1. The largest absolute Gasteiger partial charge is 0.391 e. The van der Waals surface area contributed by atoms with Crippen molar-refractivity contribution in [2.24, 2.45) is 0 Å². The molecule has 1 aromatic rings. The van der Waals surface area contributed by atoms with Crippen molar-refractivity contribution in [2.75, 3.05) is 27.2 Å². The highest BCUT2D eigenvalue weighted by molar-refractivity contribution is 5.91. The molecule has 17 heavy (non-hydrogen) atoms. The van der Waals surface area contributed by atoms with E-state index in [-0.39, 0.29) is 17.7 Å². The summed E-state index contributed by atoms with van der Waals surface area (Å²) in [4.78, 5) is 15.8. The van der Waals surface area contributed by atoms with Crippen molar-refractivity contribution in [3.8, 4) is 0 Å². The zero-order valence-electron chi connectivity index (χ0n) is 10.0. The van der Waals surface area contributed by atoms with Crippen LogP contribution in [0.1, 0.15) is 17.0 Å². The van der Waals surface area contributed by atoms with Crippen molar-refractivity contribution >= 4 is 5.91 Å². The quantitative estimate of drug-likeness (QED) is 0.792. The van der Waals surface area contributed by atoms with Gasteiger partial charge in [0.05, 0.1) is 12.3 Å². The van der Waals surface area contributed by atoms with E-state index < -0.39 is 6.10 Å². The Morgan fingerprint density at radius 3 is 3.06 bits per heavy atom. The van der Waals surface area contributed by atoms with E-state index in [4.69, 9.17) is 4.52 Å². The van der Waals surface area contributed by atoms with E-state index in [1.807, 2.05) is 19.0 Å². The van der Waals surface area contributed by atoms with Gasteiger partial charge in [0.1, 0.15) is 0 Å². The minimum Gasteiger partial charge on any atom is -0.391 e. The van der Waals surface area contributed by atoms with E-state index in [1.165, 1.54) is 6.20 Å². The van der Waals surface area contributed by atoms with Gasteiger partial charge in [0.2, 0.25) is 5.76 Å². The predicted octanol–water partition coefficient (Wildman–Crippen LogP) is -0.188. The van der Waals surface area contributed by atoms with Gasteiger partial charge in [-0.2, -0.15) is 0 Å². The van der Waals surface area contributed by atoms with Crippen LogP contribution in [-0.2, 0) is 0 Å². The number of hydrogen-bond acceptors (Lipinski definition) is 5. The van der Waals surface area contributed by atoms with Gasteiger partial charge in [-0.15, -0.1) is 0 Å². The van der Waals surface area contributed by atoms with Crippen molar-refractivity contribution in [3.63, 3.8) is 0 Å². The molecular formula is C11H17N3O3. The molecule has 0 aliphatic carbocycles. The highest BCUT2D eigenvalue weighted by Gasteiger charge is 2.36. The lowest BCUT2D eigenvalue weighted by Crippen LogP contribution is -2.41. The summed E-state index contributed by atoms with van der Waals surface area (Å²) < 4.78 is 4.86. The highest BCUT2D eigenvalue weighted by Crippen LogP contribution is 2.20. The molecule has 1 aliphatic rings. The Morgan fingerprint density at radius 1 is 1.71 bits per heavy atom. The first-order chi connectivity index (χ1) is 8.08. The number of hydrogen-bond donors (Lipinski definition) is 1. The van der Waals surface area contributed by atoms with Gasteiger partial charge in [0.25, 0.3) is 5.91 Å². The molecule has 1 fully saturated rings. The van der Waals surface area contributed by atoms with Gasteiger partial charge >= 0.3 is 0 Å². The van der Waals surface area contributed by atoms with E-state index in [0.29, 0.717) is 13.0 Å². The van der Waals surface area contributed by atoms with Crippen LogP contribution >= 0.6 is 0 Å². The summed E-state index contributed by atoms with van der Waals surface area (Å²) in [6.45, 7) is 1.09. The second-order valence-electron chi connectivity index (χ2n) is 4.64. The van der Waals surface area contributed by atoms with Crippen LogP contribution in [0.15, 0.2) is 16.8 Å². The number of carbonyl (C=O) groups is 1. The first-order valence-corrected chi connectivity index (χ1v) is 5.62. The van der Waals surface area contributed by atoms with Crippen LogP contribution in [0.3, 0.4) is 0 Å². The Hall–Kier alpha value is -1.40. The molecule has 2 rings (SSSR count). The Kier molecular flexibility index (Phi) is 3.44. The summed E-state index contributed by atoms with van der Waals surface area (Å²) in [5.41, 5.74) is 0. The fraction of sp³-hybridized carbons (Fsp3) is 0.636. The topological polar surface area (TPSA) is 69.8 Å². The van der Waals surface area contributed by atoms with Crippen LogP contribution < -0.4 is 0 Å². The van der Waals surface area contributed by atoms with Crippen LogP contribution in [0, 0.1) is 0 Å². The summed E-state index contributed by atoms with van der Waals surface area (Å²) >= 11 is 0. The molecule has 1 aromatic heterocycles. The molecule has 94 valence electrons. The molecule has 1 aliphatic heterocycles. The third-order valence-corrected chi connectivity index (χ3v) is 2.88. The Morgan fingerprint density at radius 2 is 2.47 bits per heavy atom. The lowest BCUT2D eigenvalue weighted by atomic mass is 10.2. The molecule has 0 radical (unpaired) electrons. The van der Waals surface area contributed by atoms with E-state index in [1.54, 1.807) is 11.0 Å². The van der Waals surface area contributed by atoms with Gasteiger partial charge in [-0.1, -0.05) is 5.16 Å². The maximum atomic E-state index is 12.1. The molecule has 2 atom stereocenters. The van der Waals surface area contributed by atoms with Gasteiger partial charge in [-0.05, 0) is 20.5 Å². The molecule has 0 spiro atoms. The average Bonchev–Trinajstić information content (AvgIpc) is 2.85. The molecule has 0 saturated carbocycles. The average molecular weight is 239 g/mol. The number of likely N-dealkylation sites (tertiary alicyclic amines) is 1. The fourth-order valence-electron chi connectivity index (χ4n) is 2.20. The number of aliphatic hydroxyl groups is 1. The first-order valence-electron chi connectivity index (χ1n) is 5.62. The Balaban J connectivity index is 2.10. The van der Waals surface area contributed by atoms with E-state index in [9.17, 15) is 9.90 Å². The van der Waals surface area contributed by atoms with E-state index >= 15 is 0 Å². The number of aliphatic hydroxyl groups excluding tert-OH is 1. The van der Waals surface area contributed by atoms with E-state index in [0.717, 1.165) is 6.54 Å². The van der Waals surface area contributed by atoms with Crippen LogP contribution in [0.5, 0.6) is 0 Å². The number of likely N-dealkylation sites (N-methyl/N-ethyl adjacent to an activating group) is 1. The van der Waals surface area contributed by atoms with Crippen molar-refractivity contribution in [3.05, 3.63) is 18.0 Å². The zero-order chi connectivity index (χ0) is 12.4. The zero-order valence-corrected chi connectivity index (χ0v) is 10.0. The van der Waals surface area contributed by atoms with Gasteiger partial charge < -0.3 is 19.4 Å². The summed E-state index contributed by atoms with van der Waals surface area (Å²) in [7, 11) is 3.89. The van der Waals surface area contributed by atoms with Crippen LogP contribution in [0.25, 0.3) is 0 Å². The number of carbonyl (C=O) groups excluding carboxylic acids is 1. The first kappa shape index (κ1) is 12.1. The molecule has 6 heteroatoms. The molecule has 0 bridgehead atoms. The number of rotatable bonds is 3. The minimum atomic E-state index is -0.452. The second-order valence-corrected chi connectivity index (χ2v) is 4.64. The van der Waals surface area contributed by atoms with Gasteiger partial charge in [0, 0.05) is 25.2 Å². The Bertz CT molecular complexity index is 377. The standard InChI is InChI=1S/C11H17N3O3/c1-13(2)6-8-5-9(15)7-14(8)11(16)10-3-4-12-17-10/h3-4,8-9,15H,5-7H2,1-2H3. The number of amides is 1. The van der Waals surface area contributed by atoms with Crippen molar-refractivity contribution < 1.29 is 14.4 Å². The summed E-state index contributed by atoms with van der Waals surface area (Å²) in [5.74, 6) is 0.0220. The molecule has 6 nitrogen and oxygen atoms in total. The number of β-amino-alcohol motifs (C(OH)–C–C–N with tert-alkyl or cyclic N) is 1. The van der Waals surface area contributed by atoms with Gasteiger partial charge in [-0.3, -0.25) is 4.79 Å². The monoisotopic (exact) mass is 239 g/mol. The molecule has 0 aromatic carbocycles. The van der Waals surface area contributed by atoms with Crippen LogP contribution in [0.2, 0.25) is 0 Å². The molecule has 2 unspecified atom stereocenters. The summed E-state index contributed by atoms with van der Waals surface area (Å²) in [6.07, 6.45) is 1.60. The minimum absolute atomic E-state index is 0.0256. The lowest BCUT2D eigenvalue weighted by molar-refractivity contribution is 0.0657. The highest BCUT2D eigenvalue weighted by atomic mass is 16.5. The Labute approximate surface area is 99.8 Å². The maximum Gasteiger partial charge on any atom is 0.292 e. The van der Waals surface area contributed by atoms with Crippen molar-refractivity contribution in [1.82, 2.24) is 15.0 Å². The van der Waals surface area contributed by atoms with Crippen molar-refractivity contribution in [1.29, 1.82) is 0 Å². The van der Waals surface area contributed by atoms with Crippen molar-refractivity contribution in [2.45, 2.75) is 18.6 Å². The smallest absolute Gasteiger partial charge is 0.292 e. The molecule has 1 saturated heterocycles. The third-order valence-electron chi connectivity index (χ3n) is 2.88. The number of nitrogens with zero attached hydrogens (tertiary/aromatic N) is 3. The SMILES string of the molecule is CN(C)CC1CC(O)CN1C(=O)c1ccno1. The normalized spacial score (nSPS) is 24.6. The molecule has 1 N–H and O–H groups in total. The van der Waals surface area contributed by atoms with E-state index in [2.05, 4.69) is 5.16 Å².